The van der Waals surface area contributed by atoms with Crippen molar-refractivity contribution in [3.8, 4) is 11.1 Å². The zero-order valence-electron chi connectivity index (χ0n) is 22.4. The highest BCUT2D eigenvalue weighted by Crippen LogP contribution is 2.35. The zero-order valence-corrected chi connectivity index (χ0v) is 22.4. The number of carbonyl (C=O) groups is 2. The summed E-state index contributed by atoms with van der Waals surface area (Å²) in [5.74, 6) is -0.921. The van der Waals surface area contributed by atoms with Crippen LogP contribution < -0.4 is 16.0 Å². The lowest BCUT2D eigenvalue weighted by Crippen LogP contribution is -2.43. The first-order valence-electron chi connectivity index (χ1n) is 13.6. The number of alkyl halides is 3. The van der Waals surface area contributed by atoms with Gasteiger partial charge in [-0.05, 0) is 48.1 Å². The maximum atomic E-state index is 14.7. The molecule has 1 saturated heterocycles. The second kappa shape index (κ2) is 12.4. The number of benzene rings is 2. The number of aryl methyl sites for hydroxylation is 1. The lowest BCUT2D eigenvalue weighted by Gasteiger charge is -2.28. The lowest BCUT2D eigenvalue weighted by molar-refractivity contribution is -0.138. The Morgan fingerprint density at radius 1 is 1.00 bits per heavy atom. The Labute approximate surface area is 235 Å². The molecule has 1 aliphatic carbocycles. The molecule has 0 bridgehead atoms. The number of rotatable bonds is 9. The molecule has 0 unspecified atom stereocenters. The van der Waals surface area contributed by atoms with Gasteiger partial charge in [0.05, 0.1) is 5.56 Å². The molecule has 2 aromatic carbocycles. The van der Waals surface area contributed by atoms with Crippen LogP contribution in [0.4, 0.5) is 29.1 Å². The van der Waals surface area contributed by atoms with Gasteiger partial charge in [0.25, 0.3) is 0 Å². The predicted octanol–water partition coefficient (Wildman–Crippen LogP) is 5.23. The highest BCUT2D eigenvalue weighted by atomic mass is 19.4. The Kier molecular flexibility index (Phi) is 8.65. The van der Waals surface area contributed by atoms with Gasteiger partial charge in [0.1, 0.15) is 11.6 Å². The number of halogens is 4. The summed E-state index contributed by atoms with van der Waals surface area (Å²) in [7, 11) is 0. The van der Waals surface area contributed by atoms with Crippen LogP contribution in [0.1, 0.15) is 36.0 Å². The molecule has 1 aliphatic heterocycles. The molecule has 0 spiro atoms. The van der Waals surface area contributed by atoms with Gasteiger partial charge in [0.15, 0.2) is 0 Å². The van der Waals surface area contributed by atoms with Crippen molar-refractivity contribution < 1.29 is 27.2 Å². The SMILES string of the molecule is O=C(CCc1ccc(-c2cnc(NC(=O)C3CC3)cc2F)cc1)Nc1ccc(CN2CCNCC2)c(C(F)(F)F)c1. The second-order valence-electron chi connectivity index (χ2n) is 10.5. The van der Waals surface area contributed by atoms with Crippen molar-refractivity contribution in [2.45, 2.75) is 38.4 Å². The van der Waals surface area contributed by atoms with E-state index < -0.39 is 23.5 Å². The molecule has 41 heavy (non-hydrogen) atoms. The molecule has 1 saturated carbocycles. The van der Waals surface area contributed by atoms with Crippen molar-refractivity contribution in [2.24, 2.45) is 5.92 Å². The van der Waals surface area contributed by atoms with Crippen LogP contribution in [0.25, 0.3) is 11.1 Å². The number of carbonyl (C=O) groups excluding carboxylic acids is 2. The van der Waals surface area contributed by atoms with Gasteiger partial charge in [-0.15, -0.1) is 0 Å². The normalized spacial score (nSPS) is 15.9. The van der Waals surface area contributed by atoms with Crippen molar-refractivity contribution in [3.05, 3.63) is 77.2 Å². The first kappa shape index (κ1) is 28.7. The summed E-state index contributed by atoms with van der Waals surface area (Å²) >= 11 is 0. The van der Waals surface area contributed by atoms with E-state index in [2.05, 4.69) is 20.9 Å². The largest absolute Gasteiger partial charge is 0.416 e. The topological polar surface area (TPSA) is 86.4 Å². The van der Waals surface area contributed by atoms with Gasteiger partial charge in [0.2, 0.25) is 11.8 Å². The number of hydrogen-bond acceptors (Lipinski definition) is 5. The van der Waals surface area contributed by atoms with E-state index in [9.17, 15) is 27.2 Å². The number of amides is 2. The van der Waals surface area contributed by atoms with Crippen LogP contribution in [0.3, 0.4) is 0 Å². The number of aromatic nitrogens is 1. The number of piperazine rings is 1. The standard InChI is InChI=1S/C30H31F4N5O2/c31-26-16-27(38-29(41)21-6-7-21)36-17-24(26)20-4-1-19(2-5-20)3-10-28(40)37-23-9-8-22(25(15-23)30(32,33)34)18-39-13-11-35-12-14-39/h1-2,4-5,8-9,15-17,21,35H,3,6-7,10-14,18H2,(H,37,40)(H,36,38,41). The van der Waals surface area contributed by atoms with E-state index >= 15 is 0 Å². The molecule has 11 heteroatoms. The van der Waals surface area contributed by atoms with E-state index in [-0.39, 0.29) is 47.4 Å². The van der Waals surface area contributed by atoms with Gasteiger partial charge < -0.3 is 16.0 Å². The molecular weight excluding hydrogens is 538 g/mol. The summed E-state index contributed by atoms with van der Waals surface area (Å²) in [5, 5.41) is 8.38. The fourth-order valence-electron chi connectivity index (χ4n) is 4.78. The number of nitrogens with zero attached hydrogens (tertiary/aromatic N) is 2. The summed E-state index contributed by atoms with van der Waals surface area (Å²) in [4.78, 5) is 30.5. The Morgan fingerprint density at radius 3 is 2.39 bits per heavy atom. The summed E-state index contributed by atoms with van der Waals surface area (Å²) in [6, 6.07) is 12.1. The van der Waals surface area contributed by atoms with Gasteiger partial charge in [-0.25, -0.2) is 9.37 Å². The fraction of sp³-hybridized carbons (Fsp3) is 0.367. The summed E-state index contributed by atoms with van der Waals surface area (Å²) in [6.07, 6.45) is -1.08. The minimum absolute atomic E-state index is 0.0143. The smallest absolute Gasteiger partial charge is 0.326 e. The quantitative estimate of drug-likeness (QED) is 0.307. The average molecular weight is 570 g/mol. The molecule has 2 heterocycles. The van der Waals surface area contributed by atoms with E-state index in [1.165, 1.54) is 24.4 Å². The van der Waals surface area contributed by atoms with Crippen LogP contribution >= 0.6 is 0 Å². The van der Waals surface area contributed by atoms with E-state index in [0.717, 1.165) is 37.6 Å². The maximum Gasteiger partial charge on any atom is 0.416 e. The Morgan fingerprint density at radius 2 is 1.73 bits per heavy atom. The van der Waals surface area contributed by atoms with Crippen LogP contribution in [0.2, 0.25) is 0 Å². The van der Waals surface area contributed by atoms with Crippen molar-refractivity contribution in [1.82, 2.24) is 15.2 Å². The van der Waals surface area contributed by atoms with Crippen LogP contribution in [-0.4, -0.2) is 47.9 Å². The van der Waals surface area contributed by atoms with E-state index in [0.29, 0.717) is 25.1 Å². The van der Waals surface area contributed by atoms with E-state index in [1.807, 2.05) is 4.90 Å². The summed E-state index contributed by atoms with van der Waals surface area (Å²) < 4.78 is 56.0. The molecule has 7 nitrogen and oxygen atoms in total. The number of anilines is 2. The van der Waals surface area contributed by atoms with Gasteiger partial charge in [-0.3, -0.25) is 14.5 Å². The van der Waals surface area contributed by atoms with Gasteiger partial charge in [-0.2, -0.15) is 13.2 Å². The fourth-order valence-corrected chi connectivity index (χ4v) is 4.78. The van der Waals surface area contributed by atoms with Crippen LogP contribution in [-0.2, 0) is 28.7 Å². The molecule has 216 valence electrons. The van der Waals surface area contributed by atoms with Gasteiger partial charge in [-0.1, -0.05) is 30.3 Å². The van der Waals surface area contributed by atoms with Crippen molar-refractivity contribution in [3.63, 3.8) is 0 Å². The maximum absolute atomic E-state index is 14.7. The molecule has 1 aromatic heterocycles. The zero-order chi connectivity index (χ0) is 29.0. The molecule has 0 atom stereocenters. The minimum atomic E-state index is -4.54. The first-order valence-corrected chi connectivity index (χ1v) is 13.6. The van der Waals surface area contributed by atoms with Crippen LogP contribution in [0, 0.1) is 11.7 Å². The third kappa shape index (κ3) is 7.68. The third-order valence-electron chi connectivity index (χ3n) is 7.26. The second-order valence-corrected chi connectivity index (χ2v) is 10.5. The molecular formula is C30H31F4N5O2. The first-order chi connectivity index (χ1) is 19.7. The monoisotopic (exact) mass is 569 g/mol. The lowest BCUT2D eigenvalue weighted by atomic mass is 10.0. The van der Waals surface area contributed by atoms with E-state index in [4.69, 9.17) is 0 Å². The molecule has 2 fully saturated rings. The van der Waals surface area contributed by atoms with Gasteiger partial charge in [0, 0.05) is 68.6 Å². The molecule has 3 N–H and O–H groups in total. The summed E-state index contributed by atoms with van der Waals surface area (Å²) in [5.41, 5.74) is 1.21. The summed E-state index contributed by atoms with van der Waals surface area (Å²) in [6.45, 7) is 3.02. The number of nitrogens with one attached hydrogen (secondary N) is 3. The molecule has 5 rings (SSSR count). The molecule has 0 radical (unpaired) electrons. The van der Waals surface area contributed by atoms with Crippen molar-refractivity contribution >= 4 is 23.3 Å². The van der Waals surface area contributed by atoms with E-state index in [1.54, 1.807) is 24.3 Å². The Hall–Kier alpha value is -3.83. The van der Waals surface area contributed by atoms with Crippen LogP contribution in [0.5, 0.6) is 0 Å². The van der Waals surface area contributed by atoms with Gasteiger partial charge >= 0.3 is 6.18 Å². The molecule has 3 aromatic rings. The predicted molar refractivity (Wildman–Crippen MR) is 148 cm³/mol. The number of pyridine rings is 1. The molecule has 2 amide bonds. The third-order valence-corrected chi connectivity index (χ3v) is 7.26. The highest BCUT2D eigenvalue weighted by Gasteiger charge is 2.34. The molecule has 2 aliphatic rings. The van der Waals surface area contributed by atoms with Crippen molar-refractivity contribution in [1.29, 1.82) is 0 Å². The van der Waals surface area contributed by atoms with Crippen LogP contribution in [0.15, 0.2) is 54.7 Å². The highest BCUT2D eigenvalue weighted by molar-refractivity contribution is 5.93. The average Bonchev–Trinajstić information content (AvgIpc) is 3.79. The number of hydrogen-bond donors (Lipinski definition) is 3. The Bertz CT molecular complexity index is 1400. The van der Waals surface area contributed by atoms with Crippen molar-refractivity contribution in [2.75, 3.05) is 36.8 Å². The minimum Gasteiger partial charge on any atom is -0.326 e. The Balaban J connectivity index is 1.16.